The van der Waals surface area contributed by atoms with E-state index in [0.29, 0.717) is 19.5 Å². The third-order valence-corrected chi connectivity index (χ3v) is 3.21. The molecule has 0 radical (unpaired) electrons. The fourth-order valence-corrected chi connectivity index (χ4v) is 2.12. The van der Waals surface area contributed by atoms with E-state index in [4.69, 9.17) is 10.5 Å². The van der Waals surface area contributed by atoms with Crippen LogP contribution in [0.2, 0.25) is 0 Å². The quantitative estimate of drug-likeness (QED) is 0.737. The first-order valence-electron chi connectivity index (χ1n) is 6.69. The molecule has 0 unspecified atom stereocenters. The summed E-state index contributed by atoms with van der Waals surface area (Å²) in [5.41, 5.74) is 8.96. The van der Waals surface area contributed by atoms with Gasteiger partial charge in [0.25, 0.3) is 0 Å². The summed E-state index contributed by atoms with van der Waals surface area (Å²) < 4.78 is 5.23. The molecule has 4 heteroatoms. The van der Waals surface area contributed by atoms with Crippen molar-refractivity contribution in [2.45, 2.75) is 33.1 Å². The van der Waals surface area contributed by atoms with Crippen molar-refractivity contribution in [2.75, 3.05) is 20.2 Å². The van der Waals surface area contributed by atoms with Gasteiger partial charge in [0, 0.05) is 13.0 Å². The van der Waals surface area contributed by atoms with Crippen molar-refractivity contribution in [3.63, 3.8) is 0 Å². The highest BCUT2D eigenvalue weighted by molar-refractivity contribution is 5.76. The van der Waals surface area contributed by atoms with Crippen LogP contribution in [0.5, 0.6) is 5.75 Å². The summed E-state index contributed by atoms with van der Waals surface area (Å²) >= 11 is 0. The van der Waals surface area contributed by atoms with Crippen LogP contribution < -0.4 is 15.8 Å². The van der Waals surface area contributed by atoms with E-state index in [-0.39, 0.29) is 5.91 Å². The fraction of sp³-hybridized carbons (Fsp3) is 0.533. The van der Waals surface area contributed by atoms with E-state index < -0.39 is 0 Å². The molecule has 1 amide bonds. The summed E-state index contributed by atoms with van der Waals surface area (Å²) in [5, 5.41) is 2.87. The molecular formula is C15H24N2O2. The number of carbonyl (C=O) groups excluding carboxylic acids is 1. The van der Waals surface area contributed by atoms with Crippen LogP contribution in [0.15, 0.2) is 12.1 Å². The minimum atomic E-state index is 0.0862. The highest BCUT2D eigenvalue weighted by Gasteiger charge is 2.08. The zero-order valence-corrected chi connectivity index (χ0v) is 12.1. The Morgan fingerprint density at radius 1 is 1.32 bits per heavy atom. The Bertz CT molecular complexity index is 407. The van der Waals surface area contributed by atoms with Gasteiger partial charge in [0.05, 0.1) is 7.11 Å². The SMILES string of the molecule is COc1cc(C)c(CCC(=O)NCCCN)c(C)c1. The second-order valence-corrected chi connectivity index (χ2v) is 4.73. The maximum absolute atomic E-state index is 11.7. The first kappa shape index (κ1) is 15.5. The number of ether oxygens (including phenoxy) is 1. The van der Waals surface area contributed by atoms with E-state index in [1.54, 1.807) is 7.11 Å². The lowest BCUT2D eigenvalue weighted by molar-refractivity contribution is -0.121. The van der Waals surface area contributed by atoms with Crippen LogP contribution in [0.3, 0.4) is 0 Å². The van der Waals surface area contributed by atoms with E-state index in [2.05, 4.69) is 19.2 Å². The lowest BCUT2D eigenvalue weighted by atomic mass is 9.98. The number of aryl methyl sites for hydroxylation is 2. The number of benzene rings is 1. The molecule has 19 heavy (non-hydrogen) atoms. The number of nitrogens with two attached hydrogens (primary N) is 1. The molecule has 3 N–H and O–H groups in total. The van der Waals surface area contributed by atoms with Crippen molar-refractivity contribution in [3.05, 3.63) is 28.8 Å². The van der Waals surface area contributed by atoms with Gasteiger partial charge in [-0.2, -0.15) is 0 Å². The molecule has 0 heterocycles. The molecular weight excluding hydrogens is 240 g/mol. The van der Waals surface area contributed by atoms with Gasteiger partial charge in [0.1, 0.15) is 5.75 Å². The Morgan fingerprint density at radius 3 is 2.47 bits per heavy atom. The van der Waals surface area contributed by atoms with Crippen LogP contribution in [0.25, 0.3) is 0 Å². The van der Waals surface area contributed by atoms with Crippen molar-refractivity contribution in [3.8, 4) is 5.75 Å². The summed E-state index contributed by atoms with van der Waals surface area (Å²) in [6.45, 7) is 5.38. The smallest absolute Gasteiger partial charge is 0.220 e. The molecule has 0 saturated heterocycles. The van der Waals surface area contributed by atoms with Crippen LogP contribution in [0.1, 0.15) is 29.5 Å². The molecule has 0 aromatic heterocycles. The average Bonchev–Trinajstić information content (AvgIpc) is 2.37. The second kappa shape index (κ2) is 7.79. The predicted molar refractivity (Wildman–Crippen MR) is 77.5 cm³/mol. The number of nitrogens with one attached hydrogen (secondary N) is 1. The van der Waals surface area contributed by atoms with Gasteiger partial charge in [0.2, 0.25) is 5.91 Å². The maximum Gasteiger partial charge on any atom is 0.220 e. The first-order chi connectivity index (χ1) is 9.08. The maximum atomic E-state index is 11.7. The first-order valence-corrected chi connectivity index (χ1v) is 6.69. The fourth-order valence-electron chi connectivity index (χ4n) is 2.12. The third kappa shape index (κ3) is 4.91. The van der Waals surface area contributed by atoms with Gasteiger partial charge in [-0.25, -0.2) is 0 Å². The highest BCUT2D eigenvalue weighted by atomic mass is 16.5. The Morgan fingerprint density at radius 2 is 1.95 bits per heavy atom. The number of carbonyl (C=O) groups is 1. The molecule has 106 valence electrons. The van der Waals surface area contributed by atoms with Gasteiger partial charge in [-0.3, -0.25) is 4.79 Å². The molecule has 0 spiro atoms. The average molecular weight is 264 g/mol. The zero-order chi connectivity index (χ0) is 14.3. The Hall–Kier alpha value is -1.55. The van der Waals surface area contributed by atoms with Crippen LogP contribution in [0.4, 0.5) is 0 Å². The van der Waals surface area contributed by atoms with Gasteiger partial charge < -0.3 is 15.8 Å². The monoisotopic (exact) mass is 264 g/mol. The van der Waals surface area contributed by atoms with E-state index in [9.17, 15) is 4.79 Å². The topological polar surface area (TPSA) is 64.3 Å². The molecule has 0 saturated carbocycles. The number of amides is 1. The van der Waals surface area contributed by atoms with Crippen molar-refractivity contribution in [1.29, 1.82) is 0 Å². The van der Waals surface area contributed by atoms with Crippen LogP contribution in [-0.4, -0.2) is 26.1 Å². The summed E-state index contributed by atoms with van der Waals surface area (Å²) in [7, 11) is 1.67. The Balaban J connectivity index is 2.55. The Labute approximate surface area is 115 Å². The normalized spacial score (nSPS) is 10.3. The summed E-state index contributed by atoms with van der Waals surface area (Å²) in [4.78, 5) is 11.7. The largest absolute Gasteiger partial charge is 0.497 e. The predicted octanol–water partition coefficient (Wildman–Crippen LogP) is 1.71. The van der Waals surface area contributed by atoms with E-state index >= 15 is 0 Å². The summed E-state index contributed by atoms with van der Waals surface area (Å²) in [6, 6.07) is 4.02. The lowest BCUT2D eigenvalue weighted by Crippen LogP contribution is -2.26. The standard InChI is InChI=1S/C15H24N2O2/c1-11-9-13(19-3)10-12(2)14(11)5-6-15(18)17-8-4-7-16/h9-10H,4-8,16H2,1-3H3,(H,17,18). The number of hydrogen-bond donors (Lipinski definition) is 2. The van der Waals surface area contributed by atoms with Crippen molar-refractivity contribution < 1.29 is 9.53 Å². The molecule has 0 bridgehead atoms. The minimum Gasteiger partial charge on any atom is -0.497 e. The third-order valence-electron chi connectivity index (χ3n) is 3.21. The minimum absolute atomic E-state index is 0.0862. The molecule has 0 atom stereocenters. The number of rotatable bonds is 7. The molecule has 0 aliphatic heterocycles. The summed E-state index contributed by atoms with van der Waals surface area (Å²) in [6.07, 6.45) is 2.10. The molecule has 1 rings (SSSR count). The second-order valence-electron chi connectivity index (χ2n) is 4.73. The molecule has 1 aromatic carbocycles. The number of hydrogen-bond acceptors (Lipinski definition) is 3. The van der Waals surface area contributed by atoms with Gasteiger partial charge in [-0.05, 0) is 62.1 Å². The zero-order valence-electron chi connectivity index (χ0n) is 12.1. The Kier molecular flexibility index (Phi) is 6.36. The molecule has 0 aliphatic carbocycles. The van der Waals surface area contributed by atoms with E-state index in [0.717, 1.165) is 18.6 Å². The molecule has 4 nitrogen and oxygen atoms in total. The van der Waals surface area contributed by atoms with E-state index in [1.165, 1.54) is 16.7 Å². The van der Waals surface area contributed by atoms with Crippen LogP contribution >= 0.6 is 0 Å². The van der Waals surface area contributed by atoms with E-state index in [1.807, 2.05) is 12.1 Å². The summed E-state index contributed by atoms with van der Waals surface area (Å²) in [5.74, 6) is 0.953. The molecule has 1 aromatic rings. The highest BCUT2D eigenvalue weighted by Crippen LogP contribution is 2.22. The van der Waals surface area contributed by atoms with Crippen LogP contribution in [-0.2, 0) is 11.2 Å². The van der Waals surface area contributed by atoms with Crippen molar-refractivity contribution >= 4 is 5.91 Å². The van der Waals surface area contributed by atoms with Crippen LogP contribution in [0, 0.1) is 13.8 Å². The molecule has 0 fully saturated rings. The number of methoxy groups -OCH3 is 1. The lowest BCUT2D eigenvalue weighted by Gasteiger charge is -2.12. The van der Waals surface area contributed by atoms with Gasteiger partial charge >= 0.3 is 0 Å². The van der Waals surface area contributed by atoms with Gasteiger partial charge in [-0.15, -0.1) is 0 Å². The molecule has 0 aliphatic rings. The van der Waals surface area contributed by atoms with Gasteiger partial charge in [0.15, 0.2) is 0 Å². The van der Waals surface area contributed by atoms with Gasteiger partial charge in [-0.1, -0.05) is 0 Å². The van der Waals surface area contributed by atoms with Crippen molar-refractivity contribution in [2.24, 2.45) is 5.73 Å². The van der Waals surface area contributed by atoms with Crippen molar-refractivity contribution in [1.82, 2.24) is 5.32 Å².